The molecule has 0 saturated heterocycles. The zero-order chi connectivity index (χ0) is 13.8. The first kappa shape index (κ1) is 15.4. The average molecular weight is 258 g/mol. The van der Waals surface area contributed by atoms with Gasteiger partial charge < -0.3 is 15.6 Å². The van der Waals surface area contributed by atoms with Gasteiger partial charge in [-0.15, -0.1) is 0 Å². The molecule has 1 aliphatic rings. The first-order valence-electron chi connectivity index (χ1n) is 6.71. The van der Waals surface area contributed by atoms with Crippen LogP contribution < -0.4 is 5.73 Å². The summed E-state index contributed by atoms with van der Waals surface area (Å²) in [6, 6.07) is 0.321. The summed E-state index contributed by atoms with van der Waals surface area (Å²) in [5.74, 6) is -0.750. The van der Waals surface area contributed by atoms with Gasteiger partial charge in [-0.2, -0.15) is 0 Å². The van der Waals surface area contributed by atoms with E-state index >= 15 is 0 Å². The van der Waals surface area contributed by atoms with Crippen molar-refractivity contribution in [2.75, 3.05) is 26.8 Å². The number of aliphatic carboxylic acids is 1. The number of carbonyl (C=O) groups is 1. The van der Waals surface area contributed by atoms with E-state index in [-0.39, 0.29) is 5.92 Å². The van der Waals surface area contributed by atoms with E-state index < -0.39 is 11.5 Å². The van der Waals surface area contributed by atoms with Crippen molar-refractivity contribution in [2.45, 2.75) is 44.7 Å². The molecule has 0 aliphatic heterocycles. The topological polar surface area (TPSA) is 75.8 Å². The predicted octanol–water partition coefficient (Wildman–Crippen LogP) is 0.925. The van der Waals surface area contributed by atoms with Crippen molar-refractivity contribution in [2.24, 2.45) is 11.7 Å². The largest absolute Gasteiger partial charge is 0.480 e. The van der Waals surface area contributed by atoms with Gasteiger partial charge in [-0.25, -0.2) is 0 Å². The monoisotopic (exact) mass is 258 g/mol. The van der Waals surface area contributed by atoms with Gasteiger partial charge in [0.05, 0.1) is 6.61 Å². The molecule has 5 nitrogen and oxygen atoms in total. The normalized spacial score (nSPS) is 20.7. The number of hydrogen-bond donors (Lipinski definition) is 2. The lowest BCUT2D eigenvalue weighted by Crippen LogP contribution is -2.59. The average Bonchev–Trinajstić information content (AvgIpc) is 3.17. The number of rotatable bonds is 9. The predicted molar refractivity (Wildman–Crippen MR) is 70.5 cm³/mol. The highest BCUT2D eigenvalue weighted by molar-refractivity contribution is 5.79. The fraction of sp³-hybridized carbons (Fsp3) is 0.923. The molecular formula is C13H26N2O3. The SMILES string of the molecule is CCC(C)N(CCOC)CC(N)(C(=O)O)C1CC1. The molecule has 0 radical (unpaired) electrons. The smallest absolute Gasteiger partial charge is 0.325 e. The highest BCUT2D eigenvalue weighted by Gasteiger charge is 2.49. The molecule has 1 aliphatic carbocycles. The zero-order valence-electron chi connectivity index (χ0n) is 11.7. The molecule has 1 rings (SSSR count). The molecule has 3 N–H and O–H groups in total. The Morgan fingerprint density at radius 2 is 2.22 bits per heavy atom. The molecule has 106 valence electrons. The van der Waals surface area contributed by atoms with Gasteiger partial charge in [0.2, 0.25) is 0 Å². The minimum Gasteiger partial charge on any atom is -0.480 e. The van der Waals surface area contributed by atoms with Gasteiger partial charge in [0.15, 0.2) is 0 Å². The van der Waals surface area contributed by atoms with E-state index in [2.05, 4.69) is 18.7 Å². The van der Waals surface area contributed by atoms with E-state index in [1.807, 2.05) is 0 Å². The maximum Gasteiger partial charge on any atom is 0.325 e. The summed E-state index contributed by atoms with van der Waals surface area (Å²) in [7, 11) is 1.66. The van der Waals surface area contributed by atoms with Gasteiger partial charge in [-0.1, -0.05) is 6.92 Å². The highest BCUT2D eigenvalue weighted by atomic mass is 16.5. The third-order valence-electron chi connectivity index (χ3n) is 3.97. The molecule has 5 heteroatoms. The van der Waals surface area contributed by atoms with E-state index in [1.165, 1.54) is 0 Å². The van der Waals surface area contributed by atoms with Crippen LogP contribution in [0.5, 0.6) is 0 Å². The maximum absolute atomic E-state index is 11.4. The van der Waals surface area contributed by atoms with Crippen LogP contribution in [0.2, 0.25) is 0 Å². The second-order valence-corrected chi connectivity index (χ2v) is 5.34. The van der Waals surface area contributed by atoms with Crippen molar-refractivity contribution in [1.29, 1.82) is 0 Å². The van der Waals surface area contributed by atoms with Gasteiger partial charge in [0.1, 0.15) is 5.54 Å². The van der Waals surface area contributed by atoms with Crippen LogP contribution in [0.1, 0.15) is 33.1 Å². The Bertz CT molecular complexity index is 281. The van der Waals surface area contributed by atoms with Crippen LogP contribution in [-0.2, 0) is 9.53 Å². The van der Waals surface area contributed by atoms with Crippen LogP contribution in [0.3, 0.4) is 0 Å². The lowest BCUT2D eigenvalue weighted by atomic mass is 9.93. The number of nitrogens with zero attached hydrogens (tertiary/aromatic N) is 1. The number of carboxylic acids is 1. The summed E-state index contributed by atoms with van der Waals surface area (Å²) in [4.78, 5) is 13.6. The van der Waals surface area contributed by atoms with Gasteiger partial charge in [0.25, 0.3) is 0 Å². The van der Waals surface area contributed by atoms with E-state index in [0.717, 1.165) is 25.8 Å². The standard InChI is InChI=1S/C13H26N2O3/c1-4-10(2)15(7-8-18-3)9-13(14,12(16)17)11-5-6-11/h10-11H,4-9,14H2,1-3H3,(H,16,17). The van der Waals surface area contributed by atoms with Gasteiger partial charge in [-0.05, 0) is 32.1 Å². The molecule has 0 aromatic heterocycles. The molecule has 0 aromatic rings. The van der Waals surface area contributed by atoms with Crippen molar-refractivity contribution < 1.29 is 14.6 Å². The van der Waals surface area contributed by atoms with Crippen LogP contribution in [-0.4, -0.2) is 54.4 Å². The fourth-order valence-corrected chi connectivity index (χ4v) is 2.23. The second kappa shape index (κ2) is 6.50. The van der Waals surface area contributed by atoms with Crippen molar-refractivity contribution in [3.05, 3.63) is 0 Å². The van der Waals surface area contributed by atoms with Crippen LogP contribution in [0.25, 0.3) is 0 Å². The van der Waals surface area contributed by atoms with E-state index in [0.29, 0.717) is 19.2 Å². The number of ether oxygens (including phenoxy) is 1. The molecule has 0 aromatic carbocycles. The van der Waals surface area contributed by atoms with E-state index in [1.54, 1.807) is 7.11 Å². The lowest BCUT2D eigenvalue weighted by molar-refractivity contribution is -0.145. The number of hydrogen-bond acceptors (Lipinski definition) is 4. The summed E-state index contributed by atoms with van der Waals surface area (Å²) >= 11 is 0. The molecule has 0 spiro atoms. The molecule has 2 atom stereocenters. The molecule has 1 fully saturated rings. The molecule has 1 saturated carbocycles. The van der Waals surface area contributed by atoms with Crippen molar-refractivity contribution >= 4 is 5.97 Å². The minimum atomic E-state index is -1.10. The third-order valence-corrected chi connectivity index (χ3v) is 3.97. The lowest BCUT2D eigenvalue weighted by Gasteiger charge is -2.35. The Labute approximate surface area is 109 Å². The van der Waals surface area contributed by atoms with Gasteiger partial charge >= 0.3 is 5.97 Å². The van der Waals surface area contributed by atoms with Crippen LogP contribution >= 0.6 is 0 Å². The molecule has 0 amide bonds. The molecule has 0 heterocycles. The Kier molecular flexibility index (Phi) is 5.56. The highest BCUT2D eigenvalue weighted by Crippen LogP contribution is 2.39. The second-order valence-electron chi connectivity index (χ2n) is 5.34. The number of nitrogens with two attached hydrogens (primary N) is 1. The molecule has 18 heavy (non-hydrogen) atoms. The van der Waals surface area contributed by atoms with Crippen molar-refractivity contribution in [3.8, 4) is 0 Å². The van der Waals surface area contributed by atoms with Gasteiger partial charge in [-0.3, -0.25) is 9.69 Å². The summed E-state index contributed by atoms with van der Waals surface area (Å²) in [5.41, 5.74) is 5.03. The summed E-state index contributed by atoms with van der Waals surface area (Å²) < 4.78 is 5.09. The fourth-order valence-electron chi connectivity index (χ4n) is 2.23. The Morgan fingerprint density at radius 3 is 2.61 bits per heavy atom. The quantitative estimate of drug-likeness (QED) is 0.643. The summed E-state index contributed by atoms with van der Waals surface area (Å²) in [5, 5.41) is 9.39. The number of carboxylic acid groups (broad SMARTS) is 1. The Balaban J connectivity index is 2.69. The van der Waals surface area contributed by atoms with E-state index in [4.69, 9.17) is 10.5 Å². The van der Waals surface area contributed by atoms with E-state index in [9.17, 15) is 9.90 Å². The summed E-state index contributed by atoms with van der Waals surface area (Å²) in [6.45, 7) is 5.94. The maximum atomic E-state index is 11.4. The van der Waals surface area contributed by atoms with Crippen LogP contribution in [0.15, 0.2) is 0 Å². The molecular weight excluding hydrogens is 232 g/mol. The molecule has 2 unspecified atom stereocenters. The first-order chi connectivity index (χ1) is 8.45. The van der Waals surface area contributed by atoms with Crippen molar-refractivity contribution in [3.63, 3.8) is 0 Å². The van der Waals surface area contributed by atoms with Crippen LogP contribution in [0, 0.1) is 5.92 Å². The zero-order valence-corrected chi connectivity index (χ0v) is 11.7. The molecule has 0 bridgehead atoms. The van der Waals surface area contributed by atoms with Gasteiger partial charge in [0, 0.05) is 26.2 Å². The first-order valence-corrected chi connectivity index (χ1v) is 6.71. The summed E-state index contributed by atoms with van der Waals surface area (Å²) in [6.07, 6.45) is 2.84. The Morgan fingerprint density at radius 1 is 1.61 bits per heavy atom. The third kappa shape index (κ3) is 3.67. The minimum absolute atomic E-state index is 0.129. The Hall–Kier alpha value is -0.650. The van der Waals surface area contributed by atoms with Crippen LogP contribution in [0.4, 0.5) is 0 Å². The van der Waals surface area contributed by atoms with Crippen molar-refractivity contribution in [1.82, 2.24) is 4.90 Å². The number of methoxy groups -OCH3 is 1.